The zero-order valence-electron chi connectivity index (χ0n) is 14.7. The average Bonchev–Trinajstić information content (AvgIpc) is 3.33. The molecule has 0 bridgehead atoms. The van der Waals surface area contributed by atoms with Crippen LogP contribution in [0.25, 0.3) is 0 Å². The molecule has 2 N–H and O–H groups in total. The number of benzene rings is 1. The molecule has 5 nitrogen and oxygen atoms in total. The average molecular weight is 390 g/mol. The van der Waals surface area contributed by atoms with Gasteiger partial charge in [-0.2, -0.15) is 13.2 Å². The van der Waals surface area contributed by atoms with Gasteiger partial charge < -0.3 is 15.0 Å². The standard InChI is InChI=1S/C20H17F3N2O3/c21-20(22,23)11-1-2-14(17(27)25-12-3-4-24-16(26)6-12)15(5-11)28-13-7-18-9-19(18,8-13)10-18/h1-6,13H,7-10H2,(H2,24,25,26,27). The lowest BCUT2D eigenvalue weighted by Gasteiger charge is -2.23. The minimum Gasteiger partial charge on any atom is -0.490 e. The number of pyridine rings is 1. The quantitative estimate of drug-likeness (QED) is 0.830. The van der Waals surface area contributed by atoms with E-state index in [1.807, 2.05) is 0 Å². The second kappa shape index (κ2) is 5.40. The molecule has 146 valence electrons. The number of H-pyrrole nitrogens is 1. The summed E-state index contributed by atoms with van der Waals surface area (Å²) in [4.78, 5) is 26.4. The van der Waals surface area contributed by atoms with E-state index in [0.717, 1.165) is 31.0 Å². The van der Waals surface area contributed by atoms with Crippen LogP contribution in [0.1, 0.15) is 41.6 Å². The van der Waals surface area contributed by atoms with E-state index in [9.17, 15) is 22.8 Å². The Morgan fingerprint density at radius 2 is 1.86 bits per heavy atom. The minimum absolute atomic E-state index is 0.0116. The summed E-state index contributed by atoms with van der Waals surface area (Å²) >= 11 is 0. The Labute approximate surface area is 157 Å². The Balaban J connectivity index is 1.42. The molecule has 5 rings (SSSR count). The summed E-state index contributed by atoms with van der Waals surface area (Å²) in [5.41, 5.74) is -0.290. The number of ether oxygens (including phenoxy) is 1. The van der Waals surface area contributed by atoms with E-state index in [1.165, 1.54) is 31.2 Å². The number of carbonyl (C=O) groups excluding carboxylic acids is 1. The molecule has 0 spiro atoms. The third-order valence-electron chi connectivity index (χ3n) is 6.35. The van der Waals surface area contributed by atoms with Gasteiger partial charge >= 0.3 is 6.18 Å². The van der Waals surface area contributed by atoms with Crippen LogP contribution in [0.2, 0.25) is 0 Å². The number of hydrogen-bond donors (Lipinski definition) is 2. The second-order valence-corrected chi connectivity index (χ2v) is 8.17. The maximum absolute atomic E-state index is 13.1. The van der Waals surface area contributed by atoms with Crippen LogP contribution in [0.15, 0.2) is 41.3 Å². The van der Waals surface area contributed by atoms with Crippen LogP contribution in [0.3, 0.4) is 0 Å². The Bertz CT molecular complexity index is 1020. The number of nitrogens with one attached hydrogen (secondary N) is 2. The van der Waals surface area contributed by atoms with Gasteiger partial charge in [0.1, 0.15) is 5.75 Å². The van der Waals surface area contributed by atoms with Crippen molar-refractivity contribution in [3.63, 3.8) is 0 Å². The minimum atomic E-state index is -4.53. The van der Waals surface area contributed by atoms with Crippen molar-refractivity contribution in [1.29, 1.82) is 0 Å². The number of halogens is 3. The monoisotopic (exact) mass is 390 g/mol. The molecule has 1 heterocycles. The summed E-state index contributed by atoms with van der Waals surface area (Å²) in [5, 5.41) is 2.53. The molecular formula is C20H17F3N2O3. The fourth-order valence-electron chi connectivity index (χ4n) is 4.79. The molecule has 8 heteroatoms. The first-order chi connectivity index (χ1) is 13.2. The molecule has 3 saturated carbocycles. The van der Waals surface area contributed by atoms with Gasteiger partial charge in [-0.1, -0.05) is 0 Å². The molecule has 1 aromatic carbocycles. The van der Waals surface area contributed by atoms with Gasteiger partial charge in [0.15, 0.2) is 0 Å². The summed E-state index contributed by atoms with van der Waals surface area (Å²) < 4.78 is 45.3. The number of amides is 1. The van der Waals surface area contributed by atoms with Gasteiger partial charge in [0.05, 0.1) is 17.2 Å². The van der Waals surface area contributed by atoms with Crippen molar-refractivity contribution in [1.82, 2.24) is 4.98 Å². The molecule has 28 heavy (non-hydrogen) atoms. The maximum atomic E-state index is 13.1. The van der Waals surface area contributed by atoms with Gasteiger partial charge in [-0.15, -0.1) is 0 Å². The van der Waals surface area contributed by atoms with Gasteiger partial charge in [0, 0.05) is 18.0 Å². The second-order valence-electron chi connectivity index (χ2n) is 8.17. The van der Waals surface area contributed by atoms with Crippen LogP contribution >= 0.6 is 0 Å². The zero-order valence-corrected chi connectivity index (χ0v) is 14.7. The lowest BCUT2D eigenvalue weighted by atomic mass is 9.98. The molecule has 0 saturated heterocycles. The third-order valence-corrected chi connectivity index (χ3v) is 6.35. The molecule has 2 aromatic rings. The van der Waals surface area contributed by atoms with Crippen LogP contribution < -0.4 is 15.6 Å². The van der Waals surface area contributed by atoms with Crippen LogP contribution in [0.5, 0.6) is 5.75 Å². The van der Waals surface area contributed by atoms with Crippen molar-refractivity contribution in [2.75, 3.05) is 5.32 Å². The molecular weight excluding hydrogens is 373 g/mol. The molecule has 3 fully saturated rings. The number of anilines is 1. The number of alkyl halides is 3. The Morgan fingerprint density at radius 3 is 2.50 bits per heavy atom. The van der Waals surface area contributed by atoms with E-state index in [4.69, 9.17) is 4.74 Å². The summed E-state index contributed by atoms with van der Waals surface area (Å²) in [5.74, 6) is -0.699. The van der Waals surface area contributed by atoms with Crippen molar-refractivity contribution in [2.24, 2.45) is 10.8 Å². The molecule has 3 aliphatic carbocycles. The van der Waals surface area contributed by atoms with Crippen LogP contribution in [-0.4, -0.2) is 17.0 Å². The highest BCUT2D eigenvalue weighted by Gasteiger charge is 2.86. The largest absolute Gasteiger partial charge is 0.490 e. The Hall–Kier alpha value is -2.77. The molecule has 3 aliphatic rings. The fourth-order valence-corrected chi connectivity index (χ4v) is 4.79. The molecule has 0 aliphatic heterocycles. The summed E-state index contributed by atoms with van der Waals surface area (Å²) in [6, 6.07) is 5.55. The SMILES string of the molecule is O=C(Nc1cc[nH]c(=O)c1)c1ccc(C(F)(F)F)cc1OC1CC23CC2(C1)C3. The fraction of sp³-hybridized carbons (Fsp3) is 0.400. The number of hydrogen-bond acceptors (Lipinski definition) is 3. The van der Waals surface area contributed by atoms with Crippen molar-refractivity contribution in [2.45, 2.75) is 38.0 Å². The van der Waals surface area contributed by atoms with E-state index >= 15 is 0 Å². The van der Waals surface area contributed by atoms with E-state index in [0.29, 0.717) is 10.8 Å². The maximum Gasteiger partial charge on any atom is 0.416 e. The number of aromatic nitrogens is 1. The van der Waals surface area contributed by atoms with Gasteiger partial charge in [-0.25, -0.2) is 0 Å². The van der Waals surface area contributed by atoms with Crippen LogP contribution in [0, 0.1) is 10.8 Å². The van der Waals surface area contributed by atoms with E-state index in [-0.39, 0.29) is 23.1 Å². The number of carbonyl (C=O) groups is 1. The first-order valence-electron chi connectivity index (χ1n) is 9.08. The van der Waals surface area contributed by atoms with Crippen molar-refractivity contribution < 1.29 is 22.7 Å². The molecule has 0 atom stereocenters. The lowest BCUT2D eigenvalue weighted by Crippen LogP contribution is -2.22. The highest BCUT2D eigenvalue weighted by atomic mass is 19.4. The molecule has 0 radical (unpaired) electrons. The zero-order chi connectivity index (χ0) is 19.7. The smallest absolute Gasteiger partial charge is 0.416 e. The Morgan fingerprint density at radius 1 is 1.14 bits per heavy atom. The van der Waals surface area contributed by atoms with Crippen molar-refractivity contribution in [3.8, 4) is 5.75 Å². The van der Waals surface area contributed by atoms with E-state index < -0.39 is 23.2 Å². The normalized spacial score (nSPS) is 29.6. The topological polar surface area (TPSA) is 71.2 Å². The summed E-state index contributed by atoms with van der Waals surface area (Å²) in [6.07, 6.45) is 0.722. The van der Waals surface area contributed by atoms with Gasteiger partial charge in [-0.05, 0) is 60.8 Å². The highest BCUT2D eigenvalue weighted by Crippen LogP contribution is 2.93. The van der Waals surface area contributed by atoms with Gasteiger partial charge in [0.2, 0.25) is 5.56 Å². The van der Waals surface area contributed by atoms with Gasteiger partial charge in [0.25, 0.3) is 5.91 Å². The predicted octanol–water partition coefficient (Wildman–Crippen LogP) is 3.97. The Kier molecular flexibility index (Phi) is 3.34. The number of aromatic amines is 1. The predicted molar refractivity (Wildman–Crippen MR) is 94.2 cm³/mol. The van der Waals surface area contributed by atoms with Crippen molar-refractivity contribution >= 4 is 11.6 Å². The van der Waals surface area contributed by atoms with Gasteiger partial charge in [-0.3, -0.25) is 9.59 Å². The molecule has 1 aromatic heterocycles. The summed E-state index contributed by atoms with van der Waals surface area (Å²) in [6.45, 7) is 0. The molecule has 1 amide bonds. The number of rotatable bonds is 4. The van der Waals surface area contributed by atoms with Crippen molar-refractivity contribution in [3.05, 3.63) is 58.0 Å². The van der Waals surface area contributed by atoms with E-state index in [1.54, 1.807) is 0 Å². The lowest BCUT2D eigenvalue weighted by molar-refractivity contribution is -0.137. The van der Waals surface area contributed by atoms with Crippen LogP contribution in [-0.2, 0) is 6.18 Å². The van der Waals surface area contributed by atoms with Crippen LogP contribution in [0.4, 0.5) is 18.9 Å². The first-order valence-corrected chi connectivity index (χ1v) is 9.08. The first kappa shape index (κ1) is 17.3. The third kappa shape index (κ3) is 2.70. The van der Waals surface area contributed by atoms with E-state index in [2.05, 4.69) is 10.3 Å². The molecule has 0 unspecified atom stereocenters. The highest BCUT2D eigenvalue weighted by molar-refractivity contribution is 6.06. The summed E-state index contributed by atoms with van der Waals surface area (Å²) in [7, 11) is 0.